The van der Waals surface area contributed by atoms with Gasteiger partial charge >= 0.3 is 0 Å². The molecule has 0 unspecified atom stereocenters. The predicted molar refractivity (Wildman–Crippen MR) is 137 cm³/mol. The number of halogens is 4. The molecule has 0 aliphatic heterocycles. The van der Waals surface area contributed by atoms with Gasteiger partial charge in [0.1, 0.15) is 22.5 Å². The van der Waals surface area contributed by atoms with E-state index in [0.717, 1.165) is 29.7 Å². The van der Waals surface area contributed by atoms with Crippen molar-refractivity contribution in [2.45, 2.75) is 32.6 Å². The van der Waals surface area contributed by atoms with Gasteiger partial charge in [0, 0.05) is 22.1 Å². The van der Waals surface area contributed by atoms with Crippen molar-refractivity contribution in [2.24, 2.45) is 0 Å². The molecule has 4 heteroatoms. The monoisotopic (exact) mass is 486 g/mol. The first-order valence-electron chi connectivity index (χ1n) is 11.4. The van der Waals surface area contributed by atoms with E-state index in [2.05, 4.69) is 42.7 Å². The molecular weight excluding hydrogens is 465 g/mol. The number of aryl methyl sites for hydroxylation is 1. The molecular formula is C31H22ClF3. The highest BCUT2D eigenvalue weighted by atomic mass is 35.5. The van der Waals surface area contributed by atoms with E-state index in [1.54, 1.807) is 24.3 Å². The Morgan fingerprint density at radius 1 is 0.686 bits per heavy atom. The van der Waals surface area contributed by atoms with E-state index in [1.165, 1.54) is 24.8 Å². The van der Waals surface area contributed by atoms with Gasteiger partial charge in [-0.15, -0.1) is 0 Å². The summed E-state index contributed by atoms with van der Waals surface area (Å²) in [5.41, 5.74) is 3.22. The van der Waals surface area contributed by atoms with Gasteiger partial charge in [0.25, 0.3) is 0 Å². The minimum atomic E-state index is -0.911. The molecule has 4 rings (SSSR count). The first kappa shape index (κ1) is 24.5. The summed E-state index contributed by atoms with van der Waals surface area (Å²) in [6.45, 7) is 2.20. The highest BCUT2D eigenvalue weighted by Crippen LogP contribution is 2.23. The van der Waals surface area contributed by atoms with Crippen molar-refractivity contribution in [2.75, 3.05) is 0 Å². The van der Waals surface area contributed by atoms with Gasteiger partial charge in [0.2, 0.25) is 0 Å². The molecule has 0 saturated carbocycles. The molecule has 0 amide bonds. The zero-order valence-electron chi connectivity index (χ0n) is 19.2. The normalized spacial score (nSPS) is 10.4. The highest BCUT2D eigenvalue weighted by molar-refractivity contribution is 6.30. The van der Waals surface area contributed by atoms with E-state index in [-0.39, 0.29) is 11.1 Å². The van der Waals surface area contributed by atoms with Crippen LogP contribution in [0.5, 0.6) is 0 Å². The van der Waals surface area contributed by atoms with Gasteiger partial charge < -0.3 is 0 Å². The van der Waals surface area contributed by atoms with Gasteiger partial charge in [-0.1, -0.05) is 79.3 Å². The molecule has 35 heavy (non-hydrogen) atoms. The van der Waals surface area contributed by atoms with Crippen molar-refractivity contribution in [1.29, 1.82) is 0 Å². The van der Waals surface area contributed by atoms with Crippen LogP contribution in [0.15, 0.2) is 66.7 Å². The Balaban J connectivity index is 1.53. The lowest BCUT2D eigenvalue weighted by Gasteiger charge is -2.03. The van der Waals surface area contributed by atoms with Crippen LogP contribution in [0.4, 0.5) is 13.2 Å². The summed E-state index contributed by atoms with van der Waals surface area (Å²) >= 11 is 5.49. The summed E-state index contributed by atoms with van der Waals surface area (Å²) in [6.07, 6.45) is 4.72. The number of fused-ring (bicyclic) bond motifs is 1. The molecule has 0 radical (unpaired) electrons. The van der Waals surface area contributed by atoms with Crippen LogP contribution in [0, 0.1) is 41.1 Å². The Hall–Kier alpha value is -3.66. The molecule has 0 saturated heterocycles. The summed E-state index contributed by atoms with van der Waals surface area (Å²) in [7, 11) is 0. The molecule has 0 atom stereocenters. The summed E-state index contributed by atoms with van der Waals surface area (Å²) < 4.78 is 42.2. The fourth-order valence-corrected chi connectivity index (χ4v) is 3.82. The van der Waals surface area contributed by atoms with Crippen molar-refractivity contribution < 1.29 is 13.2 Å². The van der Waals surface area contributed by atoms with Crippen LogP contribution in [-0.2, 0) is 6.42 Å². The maximum Gasteiger partial charge on any atom is 0.146 e. The second-order valence-corrected chi connectivity index (χ2v) is 8.65. The first-order valence-corrected chi connectivity index (χ1v) is 11.8. The van der Waals surface area contributed by atoms with Crippen molar-refractivity contribution in [3.8, 4) is 23.7 Å². The molecule has 4 aromatic rings. The summed E-state index contributed by atoms with van der Waals surface area (Å²) in [5.74, 6) is 9.22. The van der Waals surface area contributed by atoms with Gasteiger partial charge in [-0.3, -0.25) is 0 Å². The fraction of sp³-hybridized carbons (Fsp3) is 0.161. The number of unbranched alkanes of at least 4 members (excludes halogenated alkanes) is 2. The summed E-state index contributed by atoms with van der Waals surface area (Å²) in [5, 5.41) is 0.493. The molecule has 0 bridgehead atoms. The summed E-state index contributed by atoms with van der Waals surface area (Å²) in [6, 6.07) is 18.9. The number of hydrogen-bond acceptors (Lipinski definition) is 0. The Kier molecular flexibility index (Phi) is 7.81. The average Bonchev–Trinajstić information content (AvgIpc) is 2.86. The molecule has 4 aromatic carbocycles. The second-order valence-electron chi connectivity index (χ2n) is 8.27. The number of benzene rings is 4. The molecule has 0 aromatic heterocycles. The van der Waals surface area contributed by atoms with Crippen molar-refractivity contribution in [3.05, 3.63) is 117 Å². The lowest BCUT2D eigenvalue weighted by atomic mass is 10.0. The van der Waals surface area contributed by atoms with E-state index in [0.29, 0.717) is 10.8 Å². The molecule has 0 aliphatic rings. The van der Waals surface area contributed by atoms with Crippen LogP contribution in [0.2, 0.25) is 5.02 Å². The highest BCUT2D eigenvalue weighted by Gasteiger charge is 2.09. The van der Waals surface area contributed by atoms with Crippen molar-refractivity contribution >= 4 is 22.4 Å². The standard InChI is InChI=1S/C31H22ClF3/c1-2-3-4-5-21-6-8-22(9-7-21)10-11-23-13-17-27-26(18-23)16-15-25(31(27)35)14-12-24-19-28(33)30(32)29(34)20-24/h6-9,13,15-20H,2-5H2,1H3. The SMILES string of the molecule is CCCCCc1ccc(C#Cc2ccc3c(F)c(C#Cc4cc(F)c(Cl)c(F)c4)ccc3c2)cc1. The second kappa shape index (κ2) is 11.2. The maximum absolute atomic E-state index is 15.0. The van der Waals surface area contributed by atoms with E-state index in [4.69, 9.17) is 11.6 Å². The third-order valence-electron chi connectivity index (χ3n) is 5.65. The zero-order valence-corrected chi connectivity index (χ0v) is 19.9. The molecule has 174 valence electrons. The molecule has 0 heterocycles. The van der Waals surface area contributed by atoms with Crippen LogP contribution in [0.25, 0.3) is 10.8 Å². The zero-order chi connectivity index (χ0) is 24.8. The Morgan fingerprint density at radius 2 is 1.34 bits per heavy atom. The van der Waals surface area contributed by atoms with Gasteiger partial charge in [-0.05, 0) is 66.3 Å². The van der Waals surface area contributed by atoms with Crippen LogP contribution in [-0.4, -0.2) is 0 Å². The van der Waals surface area contributed by atoms with Gasteiger partial charge in [-0.25, -0.2) is 13.2 Å². The van der Waals surface area contributed by atoms with Crippen LogP contribution in [0.1, 0.15) is 54.0 Å². The van der Waals surface area contributed by atoms with Crippen LogP contribution >= 0.6 is 11.6 Å². The molecule has 0 aliphatic carbocycles. The molecule has 0 fully saturated rings. The minimum Gasteiger partial charge on any atom is -0.205 e. The predicted octanol–water partition coefficient (Wildman–Crippen LogP) is 8.44. The van der Waals surface area contributed by atoms with E-state index < -0.39 is 22.5 Å². The Morgan fingerprint density at radius 3 is 2.06 bits per heavy atom. The van der Waals surface area contributed by atoms with Gasteiger partial charge in [-0.2, -0.15) is 0 Å². The van der Waals surface area contributed by atoms with E-state index >= 15 is 4.39 Å². The topological polar surface area (TPSA) is 0 Å². The van der Waals surface area contributed by atoms with E-state index in [1.807, 2.05) is 18.2 Å². The largest absolute Gasteiger partial charge is 0.205 e. The lowest BCUT2D eigenvalue weighted by molar-refractivity contribution is 0.583. The maximum atomic E-state index is 15.0. The van der Waals surface area contributed by atoms with Crippen LogP contribution in [0.3, 0.4) is 0 Å². The first-order chi connectivity index (χ1) is 16.9. The quantitative estimate of drug-likeness (QED) is 0.154. The number of hydrogen-bond donors (Lipinski definition) is 0. The smallest absolute Gasteiger partial charge is 0.146 e. The third kappa shape index (κ3) is 6.07. The Labute approximate surface area is 208 Å². The Bertz CT molecular complexity index is 1470. The van der Waals surface area contributed by atoms with Gasteiger partial charge in [0.05, 0.1) is 5.56 Å². The number of rotatable bonds is 4. The van der Waals surface area contributed by atoms with Crippen molar-refractivity contribution in [3.63, 3.8) is 0 Å². The summed E-state index contributed by atoms with van der Waals surface area (Å²) in [4.78, 5) is 0. The average molecular weight is 487 g/mol. The fourth-order valence-electron chi connectivity index (χ4n) is 3.71. The molecule has 0 N–H and O–H groups in total. The minimum absolute atomic E-state index is 0.0727. The van der Waals surface area contributed by atoms with Crippen molar-refractivity contribution in [1.82, 2.24) is 0 Å². The third-order valence-corrected chi connectivity index (χ3v) is 6.01. The van der Waals surface area contributed by atoms with Crippen LogP contribution < -0.4 is 0 Å². The lowest BCUT2D eigenvalue weighted by Crippen LogP contribution is -1.89. The van der Waals surface area contributed by atoms with Gasteiger partial charge in [0.15, 0.2) is 0 Å². The molecule has 0 spiro atoms. The van der Waals surface area contributed by atoms with E-state index in [9.17, 15) is 8.78 Å². The molecule has 0 nitrogen and oxygen atoms in total.